The number of carbonyl (C=O) groups is 1. The Kier molecular flexibility index (Phi) is 5.05. The summed E-state index contributed by atoms with van der Waals surface area (Å²) in [5.74, 6) is 1.04. The Bertz CT molecular complexity index is 528. The molecule has 1 aromatic carbocycles. The van der Waals surface area contributed by atoms with Crippen LogP contribution in [0.2, 0.25) is 0 Å². The molecule has 1 spiro atoms. The second kappa shape index (κ2) is 7.04. The van der Waals surface area contributed by atoms with Crippen molar-refractivity contribution in [2.45, 2.75) is 51.5 Å². The van der Waals surface area contributed by atoms with Crippen LogP contribution in [0.5, 0.6) is 0 Å². The van der Waals surface area contributed by atoms with Crippen LogP contribution in [0.4, 0.5) is 0 Å². The Morgan fingerprint density at radius 3 is 2.61 bits per heavy atom. The van der Waals surface area contributed by atoms with Gasteiger partial charge in [0.2, 0.25) is 5.91 Å². The summed E-state index contributed by atoms with van der Waals surface area (Å²) in [6.07, 6.45) is 5.19. The zero-order chi connectivity index (χ0) is 16.3. The van der Waals surface area contributed by atoms with Gasteiger partial charge in [-0.1, -0.05) is 44.2 Å². The molecule has 23 heavy (non-hydrogen) atoms. The standard InChI is InChI=1S/C20H30N2O/c1-17(2)15-22-14-12-20(22)11-6-13-21(16-20)19(23)10-9-18-7-4-3-5-8-18/h3-5,7-8,17H,6,9-16H2,1-2H3. The van der Waals surface area contributed by atoms with Gasteiger partial charge in [0.1, 0.15) is 0 Å². The van der Waals surface area contributed by atoms with E-state index in [-0.39, 0.29) is 0 Å². The lowest BCUT2D eigenvalue weighted by Crippen LogP contribution is -2.67. The van der Waals surface area contributed by atoms with Gasteiger partial charge in [0.25, 0.3) is 0 Å². The lowest BCUT2D eigenvalue weighted by atomic mass is 9.77. The van der Waals surface area contributed by atoms with Crippen molar-refractivity contribution in [3.63, 3.8) is 0 Å². The van der Waals surface area contributed by atoms with Crippen molar-refractivity contribution >= 4 is 5.91 Å². The molecular weight excluding hydrogens is 284 g/mol. The molecule has 2 fully saturated rings. The molecule has 0 N–H and O–H groups in total. The Balaban J connectivity index is 1.55. The average Bonchev–Trinajstić information content (AvgIpc) is 2.57. The summed E-state index contributed by atoms with van der Waals surface area (Å²) in [5.41, 5.74) is 1.56. The first-order chi connectivity index (χ1) is 11.1. The number of nitrogens with zero attached hydrogens (tertiary/aromatic N) is 2. The molecule has 2 aliphatic rings. The summed E-state index contributed by atoms with van der Waals surface area (Å²) >= 11 is 0. The molecular formula is C20H30N2O. The van der Waals surface area contributed by atoms with E-state index in [4.69, 9.17) is 0 Å². The van der Waals surface area contributed by atoms with E-state index in [0.29, 0.717) is 23.8 Å². The lowest BCUT2D eigenvalue weighted by molar-refractivity contribution is -0.140. The number of amides is 1. The minimum atomic E-state index is 0.297. The highest BCUT2D eigenvalue weighted by Crippen LogP contribution is 2.39. The Hall–Kier alpha value is -1.35. The quantitative estimate of drug-likeness (QED) is 0.832. The van der Waals surface area contributed by atoms with Crippen molar-refractivity contribution in [3.05, 3.63) is 35.9 Å². The highest BCUT2D eigenvalue weighted by molar-refractivity contribution is 5.76. The van der Waals surface area contributed by atoms with Crippen molar-refractivity contribution in [1.29, 1.82) is 0 Å². The smallest absolute Gasteiger partial charge is 0.222 e. The number of rotatable bonds is 5. The predicted molar refractivity (Wildman–Crippen MR) is 94.3 cm³/mol. The Morgan fingerprint density at radius 1 is 1.17 bits per heavy atom. The van der Waals surface area contributed by atoms with Crippen LogP contribution in [0.15, 0.2) is 30.3 Å². The normalized spacial score (nSPS) is 24.9. The third-order valence-corrected chi connectivity index (χ3v) is 5.48. The SMILES string of the molecule is CC(C)CN1CCC12CCCN(C(=O)CCc1ccccc1)C2. The van der Waals surface area contributed by atoms with Crippen LogP contribution in [-0.2, 0) is 11.2 Å². The molecule has 0 saturated carbocycles. The summed E-state index contributed by atoms with van der Waals surface area (Å²) in [6.45, 7) is 8.86. The average molecular weight is 314 g/mol. The van der Waals surface area contributed by atoms with E-state index < -0.39 is 0 Å². The number of hydrogen-bond donors (Lipinski definition) is 0. The highest BCUT2D eigenvalue weighted by Gasteiger charge is 2.47. The molecule has 1 atom stereocenters. The Labute approximate surface area is 140 Å². The fourth-order valence-corrected chi connectivity index (χ4v) is 4.15. The van der Waals surface area contributed by atoms with Gasteiger partial charge >= 0.3 is 0 Å². The van der Waals surface area contributed by atoms with Crippen LogP contribution in [0.3, 0.4) is 0 Å². The molecule has 1 amide bonds. The van der Waals surface area contributed by atoms with Crippen LogP contribution in [0, 0.1) is 5.92 Å². The van der Waals surface area contributed by atoms with Gasteiger partial charge in [-0.15, -0.1) is 0 Å². The van der Waals surface area contributed by atoms with Crippen molar-refractivity contribution in [2.75, 3.05) is 26.2 Å². The molecule has 3 heteroatoms. The molecule has 0 bridgehead atoms. The molecule has 2 heterocycles. The predicted octanol–water partition coefficient (Wildman–Crippen LogP) is 3.34. The molecule has 2 aliphatic heterocycles. The third kappa shape index (κ3) is 3.77. The largest absolute Gasteiger partial charge is 0.341 e. The summed E-state index contributed by atoms with van der Waals surface area (Å²) in [4.78, 5) is 17.4. The van der Waals surface area contributed by atoms with E-state index in [9.17, 15) is 4.79 Å². The van der Waals surface area contributed by atoms with E-state index >= 15 is 0 Å². The van der Waals surface area contributed by atoms with Crippen LogP contribution in [-0.4, -0.2) is 47.4 Å². The maximum atomic E-state index is 12.6. The van der Waals surface area contributed by atoms with Gasteiger partial charge in [-0.2, -0.15) is 0 Å². The summed E-state index contributed by atoms with van der Waals surface area (Å²) < 4.78 is 0. The van der Waals surface area contributed by atoms with Crippen LogP contribution >= 0.6 is 0 Å². The van der Waals surface area contributed by atoms with E-state index in [0.717, 1.165) is 25.9 Å². The van der Waals surface area contributed by atoms with Gasteiger partial charge in [0.05, 0.1) is 0 Å². The molecule has 1 unspecified atom stereocenters. The van der Waals surface area contributed by atoms with Crippen molar-refractivity contribution < 1.29 is 4.79 Å². The Morgan fingerprint density at radius 2 is 1.96 bits per heavy atom. The monoisotopic (exact) mass is 314 g/mol. The minimum Gasteiger partial charge on any atom is -0.341 e. The molecule has 0 aliphatic carbocycles. The molecule has 126 valence electrons. The maximum absolute atomic E-state index is 12.6. The zero-order valence-corrected chi connectivity index (χ0v) is 14.6. The van der Waals surface area contributed by atoms with Gasteiger partial charge < -0.3 is 4.90 Å². The molecule has 0 radical (unpaired) electrons. The summed E-state index contributed by atoms with van der Waals surface area (Å²) in [5, 5.41) is 0. The van der Waals surface area contributed by atoms with Gasteiger partial charge in [0.15, 0.2) is 0 Å². The molecule has 0 aromatic heterocycles. The van der Waals surface area contributed by atoms with Gasteiger partial charge in [-0.05, 0) is 37.2 Å². The van der Waals surface area contributed by atoms with Crippen molar-refractivity contribution in [1.82, 2.24) is 9.80 Å². The number of likely N-dealkylation sites (tertiary alicyclic amines) is 2. The number of piperidine rings is 1. The first-order valence-corrected chi connectivity index (χ1v) is 9.16. The van der Waals surface area contributed by atoms with Gasteiger partial charge in [-0.25, -0.2) is 0 Å². The fourth-order valence-electron chi connectivity index (χ4n) is 4.15. The van der Waals surface area contributed by atoms with Crippen LogP contribution < -0.4 is 0 Å². The highest BCUT2D eigenvalue weighted by atomic mass is 16.2. The maximum Gasteiger partial charge on any atom is 0.222 e. The molecule has 1 aromatic rings. The van der Waals surface area contributed by atoms with Gasteiger partial charge in [0, 0.05) is 38.1 Å². The number of aryl methyl sites for hydroxylation is 1. The summed E-state index contributed by atoms with van der Waals surface area (Å²) in [6, 6.07) is 10.4. The molecule has 3 nitrogen and oxygen atoms in total. The van der Waals surface area contributed by atoms with Crippen LogP contribution in [0.25, 0.3) is 0 Å². The molecule has 2 saturated heterocycles. The summed E-state index contributed by atoms with van der Waals surface area (Å²) in [7, 11) is 0. The first-order valence-electron chi connectivity index (χ1n) is 9.16. The first kappa shape index (κ1) is 16.5. The number of benzene rings is 1. The molecule has 3 rings (SSSR count). The number of hydrogen-bond acceptors (Lipinski definition) is 2. The van der Waals surface area contributed by atoms with Gasteiger partial charge in [-0.3, -0.25) is 9.69 Å². The van der Waals surface area contributed by atoms with E-state index in [2.05, 4.69) is 35.8 Å². The van der Waals surface area contributed by atoms with Crippen molar-refractivity contribution in [3.8, 4) is 0 Å². The fraction of sp³-hybridized carbons (Fsp3) is 0.650. The third-order valence-electron chi connectivity index (χ3n) is 5.48. The topological polar surface area (TPSA) is 23.6 Å². The second-order valence-corrected chi connectivity index (χ2v) is 7.72. The second-order valence-electron chi connectivity index (χ2n) is 7.72. The lowest BCUT2D eigenvalue weighted by Gasteiger charge is -2.57. The van der Waals surface area contributed by atoms with Crippen molar-refractivity contribution in [2.24, 2.45) is 5.92 Å². The minimum absolute atomic E-state index is 0.297. The van der Waals surface area contributed by atoms with E-state index in [1.807, 2.05) is 18.2 Å². The number of carbonyl (C=O) groups excluding carboxylic acids is 1. The van der Waals surface area contributed by atoms with Crippen LogP contribution in [0.1, 0.15) is 45.1 Å². The van der Waals surface area contributed by atoms with E-state index in [1.165, 1.54) is 31.5 Å². The van der Waals surface area contributed by atoms with E-state index in [1.54, 1.807) is 0 Å². The zero-order valence-electron chi connectivity index (χ0n) is 14.6.